The van der Waals surface area contributed by atoms with Gasteiger partial charge in [0, 0.05) is 0 Å². The molecule has 2 rings (SSSR count). The Hall–Kier alpha value is -1.62. The summed E-state index contributed by atoms with van der Waals surface area (Å²) >= 11 is 0. The van der Waals surface area contributed by atoms with E-state index >= 15 is 0 Å². The molecule has 0 aromatic heterocycles. The van der Waals surface area contributed by atoms with Gasteiger partial charge in [-0.25, -0.2) is 0 Å². The van der Waals surface area contributed by atoms with E-state index in [0.29, 0.717) is 12.8 Å². The lowest BCUT2D eigenvalue weighted by Gasteiger charge is -2.24. The van der Waals surface area contributed by atoms with Crippen LogP contribution in [0.2, 0.25) is 19.6 Å². The van der Waals surface area contributed by atoms with Crippen LogP contribution in [0.25, 0.3) is 0 Å². The Kier molecular flexibility index (Phi) is 5.77. The number of unbranched alkanes of at least 4 members (excludes halogenated alkanes) is 1. The lowest BCUT2D eigenvalue weighted by atomic mass is 9.85. The summed E-state index contributed by atoms with van der Waals surface area (Å²) in [7, 11) is 1.05. The predicted molar refractivity (Wildman–Crippen MR) is 102 cm³/mol. The lowest BCUT2D eigenvalue weighted by molar-refractivity contribution is -0.168. The van der Waals surface area contributed by atoms with Crippen LogP contribution >= 0.6 is 0 Å². The molecule has 1 aromatic rings. The highest BCUT2D eigenvalue weighted by atomic mass is 28.3. The van der Waals surface area contributed by atoms with E-state index in [-0.39, 0.29) is 0 Å². The topological polar surface area (TPSA) is 52.6 Å². The van der Waals surface area contributed by atoms with E-state index in [1.807, 2.05) is 0 Å². The first-order chi connectivity index (χ1) is 11.7. The number of benzene rings is 1. The van der Waals surface area contributed by atoms with Crippen LogP contribution in [0.5, 0.6) is 0 Å². The van der Waals surface area contributed by atoms with Crippen molar-refractivity contribution in [2.24, 2.45) is 5.41 Å². The Balaban J connectivity index is 2.57. The van der Waals surface area contributed by atoms with Gasteiger partial charge in [0.1, 0.15) is 0 Å². The molecule has 0 radical (unpaired) electrons. The third kappa shape index (κ3) is 3.66. The zero-order valence-corrected chi connectivity index (χ0v) is 17.3. The van der Waals surface area contributed by atoms with Crippen LogP contribution in [0.3, 0.4) is 0 Å². The fraction of sp³-hybridized carbons (Fsp3) is 0.600. The Labute approximate surface area is 151 Å². The van der Waals surface area contributed by atoms with Crippen LogP contribution in [-0.4, -0.2) is 34.2 Å². The van der Waals surface area contributed by atoms with Crippen LogP contribution in [0.4, 0.5) is 0 Å². The van der Waals surface area contributed by atoms with Crippen LogP contribution in [0, 0.1) is 5.41 Å². The maximum atomic E-state index is 12.5. The van der Waals surface area contributed by atoms with Crippen molar-refractivity contribution in [3.8, 4) is 0 Å². The molecule has 25 heavy (non-hydrogen) atoms. The first-order valence-electron chi connectivity index (χ1n) is 9.01. The molecule has 0 aliphatic heterocycles. The molecule has 138 valence electrons. The number of ether oxygens (including phenoxy) is 2. The van der Waals surface area contributed by atoms with Crippen molar-refractivity contribution < 1.29 is 19.1 Å². The SMILES string of the molecule is CCCCc1cc2c(c([Si](C)(C)C)c1)CC(C(=O)OC)(C(=O)OC)C2. The summed E-state index contributed by atoms with van der Waals surface area (Å²) in [6.45, 7) is 9.11. The van der Waals surface area contributed by atoms with Crippen molar-refractivity contribution in [3.63, 3.8) is 0 Å². The van der Waals surface area contributed by atoms with Gasteiger partial charge in [-0.1, -0.05) is 50.3 Å². The molecular weight excluding hydrogens is 332 g/mol. The van der Waals surface area contributed by atoms with Crippen molar-refractivity contribution >= 4 is 25.2 Å². The highest BCUT2D eigenvalue weighted by molar-refractivity contribution is 6.89. The van der Waals surface area contributed by atoms with Gasteiger partial charge < -0.3 is 9.47 Å². The summed E-state index contributed by atoms with van der Waals surface area (Å²) in [5, 5.41) is 1.35. The number of fused-ring (bicyclic) bond motifs is 1. The van der Waals surface area contributed by atoms with Gasteiger partial charge in [-0.15, -0.1) is 0 Å². The van der Waals surface area contributed by atoms with Crippen LogP contribution in [0.1, 0.15) is 36.5 Å². The molecule has 5 heteroatoms. The monoisotopic (exact) mass is 362 g/mol. The summed E-state index contributed by atoms with van der Waals surface area (Å²) in [6.07, 6.45) is 4.08. The quantitative estimate of drug-likeness (QED) is 0.443. The largest absolute Gasteiger partial charge is 0.468 e. The Morgan fingerprint density at radius 1 is 1.08 bits per heavy atom. The molecule has 0 fully saturated rings. The smallest absolute Gasteiger partial charge is 0.323 e. The highest BCUT2D eigenvalue weighted by Crippen LogP contribution is 2.40. The molecule has 0 atom stereocenters. The van der Waals surface area contributed by atoms with E-state index in [1.165, 1.54) is 25.0 Å². The molecule has 1 aliphatic rings. The molecule has 0 amide bonds. The van der Waals surface area contributed by atoms with Crippen molar-refractivity contribution in [1.82, 2.24) is 0 Å². The van der Waals surface area contributed by atoms with Gasteiger partial charge in [0.25, 0.3) is 0 Å². The maximum absolute atomic E-state index is 12.5. The van der Waals surface area contributed by atoms with Crippen LogP contribution in [-0.2, 0) is 38.3 Å². The third-order valence-corrected chi connectivity index (χ3v) is 7.21. The molecular formula is C20H30O4Si. The van der Waals surface area contributed by atoms with Crippen molar-refractivity contribution in [2.45, 2.75) is 58.7 Å². The second-order valence-corrected chi connectivity index (χ2v) is 13.1. The highest BCUT2D eigenvalue weighted by Gasteiger charge is 2.53. The van der Waals surface area contributed by atoms with Gasteiger partial charge in [0.05, 0.1) is 22.3 Å². The lowest BCUT2D eigenvalue weighted by Crippen LogP contribution is -2.44. The van der Waals surface area contributed by atoms with Gasteiger partial charge in [-0.05, 0) is 42.4 Å². The normalized spacial score (nSPS) is 15.6. The van der Waals surface area contributed by atoms with Crippen molar-refractivity contribution in [1.29, 1.82) is 0 Å². The third-order valence-electron chi connectivity index (χ3n) is 5.15. The molecule has 0 unspecified atom stereocenters. The average Bonchev–Trinajstić information content (AvgIpc) is 2.97. The van der Waals surface area contributed by atoms with Gasteiger partial charge in [0.2, 0.25) is 0 Å². The average molecular weight is 363 g/mol. The molecule has 0 heterocycles. The van der Waals surface area contributed by atoms with E-state index in [2.05, 4.69) is 38.7 Å². The first-order valence-corrected chi connectivity index (χ1v) is 12.5. The number of rotatable bonds is 6. The summed E-state index contributed by atoms with van der Waals surface area (Å²) in [6, 6.07) is 4.49. The van der Waals surface area contributed by atoms with Crippen LogP contribution in [0.15, 0.2) is 12.1 Å². The number of hydrogen-bond acceptors (Lipinski definition) is 4. The molecule has 1 aromatic carbocycles. The summed E-state index contributed by atoms with van der Waals surface area (Å²) in [5.74, 6) is -0.987. The minimum atomic E-state index is -1.62. The van der Waals surface area contributed by atoms with E-state index in [0.717, 1.165) is 30.4 Å². The summed E-state index contributed by atoms with van der Waals surface area (Å²) < 4.78 is 9.97. The Morgan fingerprint density at radius 3 is 2.16 bits per heavy atom. The van der Waals surface area contributed by atoms with Gasteiger partial charge in [-0.2, -0.15) is 0 Å². The summed E-state index contributed by atoms with van der Waals surface area (Å²) in [5.41, 5.74) is 2.35. The summed E-state index contributed by atoms with van der Waals surface area (Å²) in [4.78, 5) is 25.0. The van der Waals surface area contributed by atoms with E-state index < -0.39 is 25.4 Å². The standard InChI is InChI=1S/C20H30O4Si/c1-7-8-9-14-10-15-12-20(18(21)23-2,19(22)24-3)13-16(15)17(11-14)25(4,5)6/h10-11H,7-9,12-13H2,1-6H3. The van der Waals surface area contributed by atoms with E-state index in [1.54, 1.807) is 0 Å². The van der Waals surface area contributed by atoms with Crippen molar-refractivity contribution in [3.05, 3.63) is 28.8 Å². The van der Waals surface area contributed by atoms with E-state index in [9.17, 15) is 9.59 Å². The number of carbonyl (C=O) groups excluding carboxylic acids is 2. The molecule has 0 N–H and O–H groups in total. The molecule has 0 spiro atoms. The Morgan fingerprint density at radius 2 is 1.68 bits per heavy atom. The van der Waals surface area contributed by atoms with Gasteiger partial charge >= 0.3 is 11.9 Å². The maximum Gasteiger partial charge on any atom is 0.323 e. The first kappa shape index (κ1) is 19.7. The minimum absolute atomic E-state index is 0.374. The number of aryl methyl sites for hydroxylation is 1. The fourth-order valence-corrected chi connectivity index (χ4v) is 5.58. The number of hydrogen-bond donors (Lipinski definition) is 0. The molecule has 0 bridgehead atoms. The number of carbonyl (C=O) groups is 2. The minimum Gasteiger partial charge on any atom is -0.468 e. The predicted octanol–water partition coefficient (Wildman–Crippen LogP) is 3.01. The zero-order chi connectivity index (χ0) is 18.8. The van der Waals surface area contributed by atoms with Crippen molar-refractivity contribution in [2.75, 3.05) is 14.2 Å². The van der Waals surface area contributed by atoms with Gasteiger partial charge in [0.15, 0.2) is 5.41 Å². The van der Waals surface area contributed by atoms with E-state index in [4.69, 9.17) is 9.47 Å². The van der Waals surface area contributed by atoms with Gasteiger partial charge in [-0.3, -0.25) is 9.59 Å². The second-order valence-electron chi connectivity index (χ2n) is 8.05. The molecule has 0 saturated heterocycles. The van der Waals surface area contributed by atoms with Crippen LogP contribution < -0.4 is 5.19 Å². The Bertz CT molecular complexity index is 657. The fourth-order valence-electron chi connectivity index (χ4n) is 3.81. The number of methoxy groups -OCH3 is 2. The second kappa shape index (κ2) is 7.32. The molecule has 0 saturated carbocycles. The molecule has 4 nitrogen and oxygen atoms in total. The molecule has 1 aliphatic carbocycles. The zero-order valence-electron chi connectivity index (χ0n) is 16.3. The number of esters is 2.